The zero-order valence-corrected chi connectivity index (χ0v) is 14.6. The molecule has 128 valence electrons. The van der Waals surface area contributed by atoms with Crippen molar-refractivity contribution in [3.05, 3.63) is 77.5 Å². The molecular weight excluding hydrogens is 312 g/mol. The van der Waals surface area contributed by atoms with Crippen LogP contribution in [0.4, 0.5) is 0 Å². The Kier molecular flexibility index (Phi) is 4.98. The van der Waals surface area contributed by atoms with E-state index in [0.717, 1.165) is 17.5 Å². The van der Waals surface area contributed by atoms with Crippen LogP contribution >= 0.6 is 0 Å². The summed E-state index contributed by atoms with van der Waals surface area (Å²) in [4.78, 5) is 29.1. The van der Waals surface area contributed by atoms with Crippen molar-refractivity contribution in [3.63, 3.8) is 0 Å². The third-order valence-electron chi connectivity index (χ3n) is 4.30. The lowest BCUT2D eigenvalue weighted by molar-refractivity contribution is -0.137. The molecule has 2 amide bonds. The first-order chi connectivity index (χ1) is 12.1. The average Bonchev–Trinajstić information content (AvgIpc) is 2.88. The van der Waals surface area contributed by atoms with Crippen LogP contribution in [0.25, 0.3) is 5.57 Å². The van der Waals surface area contributed by atoms with E-state index >= 15 is 0 Å². The van der Waals surface area contributed by atoms with Crippen LogP contribution in [-0.4, -0.2) is 35.2 Å². The number of hydrogen-bond donors (Lipinski definition) is 0. The molecule has 0 saturated carbocycles. The highest BCUT2D eigenvalue weighted by molar-refractivity contribution is 6.35. The van der Waals surface area contributed by atoms with Gasteiger partial charge in [0.1, 0.15) is 5.70 Å². The van der Waals surface area contributed by atoms with E-state index in [1.165, 1.54) is 4.90 Å². The molecular formula is C21H22N2O2. The van der Waals surface area contributed by atoms with Gasteiger partial charge in [-0.1, -0.05) is 67.6 Å². The summed E-state index contributed by atoms with van der Waals surface area (Å²) in [5.41, 5.74) is 2.86. The second-order valence-electron chi connectivity index (χ2n) is 6.19. The zero-order valence-electron chi connectivity index (χ0n) is 14.6. The molecule has 2 aromatic carbocycles. The van der Waals surface area contributed by atoms with Gasteiger partial charge in [-0.3, -0.25) is 14.5 Å². The lowest BCUT2D eigenvalue weighted by Crippen LogP contribution is -2.34. The Morgan fingerprint density at radius 3 is 2.08 bits per heavy atom. The number of carbonyl (C=O) groups excluding carboxylic acids is 2. The van der Waals surface area contributed by atoms with E-state index in [4.69, 9.17) is 0 Å². The normalized spacial score (nSPS) is 14.4. The molecule has 3 rings (SSSR count). The molecule has 2 aromatic rings. The Morgan fingerprint density at radius 1 is 0.880 bits per heavy atom. The van der Waals surface area contributed by atoms with E-state index in [2.05, 4.69) is 0 Å². The summed E-state index contributed by atoms with van der Waals surface area (Å²) < 4.78 is 0. The minimum absolute atomic E-state index is 0.201. The molecule has 0 aromatic heterocycles. The highest BCUT2D eigenvalue weighted by atomic mass is 16.2. The molecule has 0 spiro atoms. The van der Waals surface area contributed by atoms with Crippen LogP contribution in [0.2, 0.25) is 0 Å². The van der Waals surface area contributed by atoms with Gasteiger partial charge >= 0.3 is 0 Å². The van der Waals surface area contributed by atoms with Crippen LogP contribution in [0.1, 0.15) is 24.5 Å². The molecule has 4 nitrogen and oxygen atoms in total. The van der Waals surface area contributed by atoms with Crippen LogP contribution < -0.4 is 0 Å². The third-order valence-corrected chi connectivity index (χ3v) is 4.30. The molecule has 0 N–H and O–H groups in total. The number of imide groups is 1. The minimum Gasteiger partial charge on any atom is -0.365 e. The Labute approximate surface area is 148 Å². The summed E-state index contributed by atoms with van der Waals surface area (Å²) >= 11 is 0. The third kappa shape index (κ3) is 3.33. The monoisotopic (exact) mass is 334 g/mol. The van der Waals surface area contributed by atoms with Gasteiger partial charge < -0.3 is 4.90 Å². The molecule has 0 aliphatic carbocycles. The van der Waals surface area contributed by atoms with Gasteiger partial charge in [-0.2, -0.15) is 0 Å². The van der Waals surface area contributed by atoms with E-state index in [1.54, 1.807) is 0 Å². The lowest BCUT2D eigenvalue weighted by atomic mass is 10.0. The van der Waals surface area contributed by atoms with Gasteiger partial charge in [-0.15, -0.1) is 0 Å². The maximum atomic E-state index is 12.9. The molecule has 1 heterocycles. The van der Waals surface area contributed by atoms with Gasteiger partial charge in [0, 0.05) is 20.1 Å². The highest BCUT2D eigenvalue weighted by Crippen LogP contribution is 2.31. The first-order valence-electron chi connectivity index (χ1n) is 8.54. The summed E-state index contributed by atoms with van der Waals surface area (Å²) in [5.74, 6) is -0.405. The largest absolute Gasteiger partial charge is 0.365 e. The topological polar surface area (TPSA) is 40.6 Å². The van der Waals surface area contributed by atoms with E-state index < -0.39 is 0 Å². The van der Waals surface area contributed by atoms with Gasteiger partial charge in [0.2, 0.25) is 0 Å². The van der Waals surface area contributed by atoms with Gasteiger partial charge in [0.05, 0.1) is 5.57 Å². The number of hydrogen-bond acceptors (Lipinski definition) is 3. The van der Waals surface area contributed by atoms with Crippen LogP contribution in [0.3, 0.4) is 0 Å². The Morgan fingerprint density at radius 2 is 1.48 bits per heavy atom. The summed E-state index contributed by atoms with van der Waals surface area (Å²) in [7, 11) is 1.87. The van der Waals surface area contributed by atoms with Crippen LogP contribution in [-0.2, 0) is 16.1 Å². The Bertz CT molecular complexity index is 797. The van der Waals surface area contributed by atoms with Crippen molar-refractivity contribution in [2.75, 3.05) is 13.6 Å². The fourth-order valence-electron chi connectivity index (χ4n) is 3.15. The van der Waals surface area contributed by atoms with Crippen molar-refractivity contribution < 1.29 is 9.59 Å². The summed E-state index contributed by atoms with van der Waals surface area (Å²) in [5, 5.41) is 0. The maximum absolute atomic E-state index is 12.9. The maximum Gasteiger partial charge on any atom is 0.277 e. The van der Waals surface area contributed by atoms with E-state index in [0.29, 0.717) is 24.4 Å². The molecule has 4 heteroatoms. The number of likely N-dealkylation sites (N-methyl/N-ethyl adjacent to an activating group) is 1. The fourth-order valence-corrected chi connectivity index (χ4v) is 3.15. The van der Waals surface area contributed by atoms with Crippen LogP contribution in [0, 0.1) is 0 Å². The number of benzene rings is 2. The average molecular weight is 334 g/mol. The summed E-state index contributed by atoms with van der Waals surface area (Å²) in [6.07, 6.45) is 0.745. The zero-order chi connectivity index (χ0) is 17.8. The fraction of sp³-hybridized carbons (Fsp3) is 0.238. The summed E-state index contributed by atoms with van der Waals surface area (Å²) in [6, 6.07) is 19.4. The first-order valence-corrected chi connectivity index (χ1v) is 8.54. The molecule has 0 bridgehead atoms. The standard InChI is InChI=1S/C21H22N2O2/c1-3-14-23-20(24)18(17-12-8-5-9-13-17)19(21(23)25)22(2)15-16-10-6-4-7-11-16/h4-13H,3,14-15H2,1-2H3. The van der Waals surface area contributed by atoms with Crippen molar-refractivity contribution in [1.29, 1.82) is 0 Å². The highest BCUT2D eigenvalue weighted by Gasteiger charge is 2.40. The second kappa shape index (κ2) is 7.34. The predicted octanol–water partition coefficient (Wildman–Crippen LogP) is 3.31. The van der Waals surface area contributed by atoms with E-state index in [-0.39, 0.29) is 11.8 Å². The quantitative estimate of drug-likeness (QED) is 0.761. The van der Waals surface area contributed by atoms with Gasteiger partial charge in [-0.25, -0.2) is 0 Å². The first kappa shape index (κ1) is 17.0. The molecule has 0 saturated heterocycles. The minimum atomic E-state index is -0.205. The van der Waals surface area contributed by atoms with Gasteiger partial charge in [0.15, 0.2) is 0 Å². The molecule has 0 unspecified atom stereocenters. The van der Waals surface area contributed by atoms with Crippen molar-refractivity contribution in [3.8, 4) is 0 Å². The van der Waals surface area contributed by atoms with Gasteiger partial charge in [-0.05, 0) is 17.5 Å². The van der Waals surface area contributed by atoms with Crippen molar-refractivity contribution in [1.82, 2.24) is 9.80 Å². The van der Waals surface area contributed by atoms with E-state index in [9.17, 15) is 9.59 Å². The lowest BCUT2D eigenvalue weighted by Gasteiger charge is -2.21. The number of amides is 2. The molecule has 0 fully saturated rings. The SMILES string of the molecule is CCCN1C(=O)C(c2ccccc2)=C(N(C)Cc2ccccc2)C1=O. The van der Waals surface area contributed by atoms with E-state index in [1.807, 2.05) is 79.5 Å². The second-order valence-corrected chi connectivity index (χ2v) is 6.19. The van der Waals surface area contributed by atoms with Crippen molar-refractivity contribution in [2.45, 2.75) is 19.9 Å². The van der Waals surface area contributed by atoms with Crippen molar-refractivity contribution in [2.24, 2.45) is 0 Å². The smallest absolute Gasteiger partial charge is 0.277 e. The van der Waals surface area contributed by atoms with Crippen LogP contribution in [0.5, 0.6) is 0 Å². The van der Waals surface area contributed by atoms with Crippen LogP contribution in [0.15, 0.2) is 66.4 Å². The molecule has 0 radical (unpaired) electrons. The number of nitrogens with zero attached hydrogens (tertiary/aromatic N) is 2. The summed E-state index contributed by atoms with van der Waals surface area (Å²) in [6.45, 7) is 2.98. The molecule has 1 aliphatic rings. The number of carbonyl (C=O) groups is 2. The molecule has 1 aliphatic heterocycles. The molecule has 0 atom stereocenters. The van der Waals surface area contributed by atoms with Crippen molar-refractivity contribution >= 4 is 17.4 Å². The predicted molar refractivity (Wildman–Crippen MR) is 98.3 cm³/mol. The number of rotatable bonds is 6. The Hall–Kier alpha value is -2.88. The van der Waals surface area contributed by atoms with Gasteiger partial charge in [0.25, 0.3) is 11.8 Å². The Balaban J connectivity index is 2.02. The molecule has 25 heavy (non-hydrogen) atoms.